The summed E-state index contributed by atoms with van der Waals surface area (Å²) in [4.78, 5) is 28.5. The molecule has 1 aliphatic rings. The summed E-state index contributed by atoms with van der Waals surface area (Å²) in [6.07, 6.45) is 3.60. The van der Waals surface area contributed by atoms with E-state index in [-0.39, 0.29) is 18.9 Å². The Balaban J connectivity index is 1.87. The molecule has 1 N–H and O–H groups in total. The van der Waals surface area contributed by atoms with Crippen LogP contribution in [0, 0.1) is 5.92 Å². The molecule has 102 valence electrons. The fourth-order valence-electron chi connectivity index (χ4n) is 2.62. The molecule has 5 nitrogen and oxygen atoms in total. The quantitative estimate of drug-likeness (QED) is 0.921. The molecule has 0 spiro atoms. The maximum absolute atomic E-state index is 11.9. The van der Waals surface area contributed by atoms with Gasteiger partial charge in [0.15, 0.2) is 0 Å². The van der Waals surface area contributed by atoms with Gasteiger partial charge in [-0.3, -0.25) is 14.6 Å². The van der Waals surface area contributed by atoms with Gasteiger partial charge < -0.3 is 10.0 Å². The second-order valence-corrected chi connectivity index (χ2v) is 5.03. The number of benzene rings is 1. The highest BCUT2D eigenvalue weighted by Gasteiger charge is 2.34. The third-order valence-electron chi connectivity index (χ3n) is 3.70. The van der Waals surface area contributed by atoms with Gasteiger partial charge >= 0.3 is 5.97 Å². The molecule has 1 atom stereocenters. The molecule has 1 unspecified atom stereocenters. The standard InChI is InChI=1S/C15H14N2O3/c18-14-6-12(15(19)20)9-17(14)8-11-3-1-2-10-7-16-5-4-13(10)11/h1-5,7,12H,6,8-9H2,(H,19,20). The molecule has 5 heteroatoms. The van der Waals surface area contributed by atoms with Crippen LogP contribution >= 0.6 is 0 Å². The van der Waals surface area contributed by atoms with Crippen molar-refractivity contribution in [2.24, 2.45) is 5.92 Å². The lowest BCUT2D eigenvalue weighted by Gasteiger charge is -2.17. The molecule has 2 heterocycles. The highest BCUT2D eigenvalue weighted by atomic mass is 16.4. The van der Waals surface area contributed by atoms with Crippen molar-refractivity contribution in [2.45, 2.75) is 13.0 Å². The van der Waals surface area contributed by atoms with E-state index in [9.17, 15) is 9.59 Å². The van der Waals surface area contributed by atoms with E-state index in [1.54, 1.807) is 17.3 Å². The van der Waals surface area contributed by atoms with Crippen LogP contribution in [-0.2, 0) is 16.1 Å². The van der Waals surface area contributed by atoms with Gasteiger partial charge in [0, 0.05) is 37.3 Å². The van der Waals surface area contributed by atoms with Crippen molar-refractivity contribution in [3.63, 3.8) is 0 Å². The van der Waals surface area contributed by atoms with E-state index in [2.05, 4.69) is 4.98 Å². The number of likely N-dealkylation sites (tertiary alicyclic amines) is 1. The summed E-state index contributed by atoms with van der Waals surface area (Å²) < 4.78 is 0. The predicted octanol–water partition coefficient (Wildman–Crippen LogP) is 1.67. The Hall–Kier alpha value is -2.43. The average Bonchev–Trinajstić information content (AvgIpc) is 2.81. The maximum atomic E-state index is 11.9. The SMILES string of the molecule is O=C(O)C1CC(=O)N(Cc2cccc3cnccc23)C1. The molecule has 1 aliphatic heterocycles. The number of carboxylic acids is 1. The van der Waals surface area contributed by atoms with E-state index in [0.717, 1.165) is 16.3 Å². The topological polar surface area (TPSA) is 70.5 Å². The lowest BCUT2D eigenvalue weighted by molar-refractivity contribution is -0.141. The molecule has 1 saturated heterocycles. The van der Waals surface area contributed by atoms with Crippen LogP contribution in [0.4, 0.5) is 0 Å². The monoisotopic (exact) mass is 270 g/mol. The predicted molar refractivity (Wildman–Crippen MR) is 72.9 cm³/mol. The highest BCUT2D eigenvalue weighted by Crippen LogP contribution is 2.24. The number of amides is 1. The number of aromatic nitrogens is 1. The number of hydrogen-bond donors (Lipinski definition) is 1. The first kappa shape index (κ1) is 12.6. The van der Waals surface area contributed by atoms with Gasteiger partial charge in [0.2, 0.25) is 5.91 Å². The van der Waals surface area contributed by atoms with Gasteiger partial charge in [-0.05, 0) is 17.0 Å². The van der Waals surface area contributed by atoms with Gasteiger partial charge in [-0.2, -0.15) is 0 Å². The Morgan fingerprint density at radius 2 is 2.25 bits per heavy atom. The number of carboxylic acid groups (broad SMARTS) is 1. The minimum absolute atomic E-state index is 0.0940. The number of hydrogen-bond acceptors (Lipinski definition) is 3. The first-order valence-electron chi connectivity index (χ1n) is 6.47. The fraction of sp³-hybridized carbons (Fsp3) is 0.267. The third kappa shape index (κ3) is 2.22. The number of aliphatic carboxylic acids is 1. The Labute approximate surface area is 115 Å². The van der Waals surface area contributed by atoms with E-state index in [1.807, 2.05) is 24.3 Å². The number of pyridine rings is 1. The molecule has 0 saturated carbocycles. The summed E-state index contributed by atoms with van der Waals surface area (Å²) in [6.45, 7) is 0.736. The van der Waals surface area contributed by atoms with Crippen LogP contribution in [0.5, 0.6) is 0 Å². The molecule has 0 bridgehead atoms. The van der Waals surface area contributed by atoms with Gasteiger partial charge in [0.1, 0.15) is 0 Å². The first-order chi connectivity index (χ1) is 9.65. The van der Waals surface area contributed by atoms with Crippen LogP contribution in [0.15, 0.2) is 36.7 Å². The lowest BCUT2D eigenvalue weighted by atomic mass is 10.1. The first-order valence-corrected chi connectivity index (χ1v) is 6.47. The summed E-state index contributed by atoms with van der Waals surface area (Å²) in [5.74, 6) is -1.58. The summed E-state index contributed by atoms with van der Waals surface area (Å²) in [5, 5.41) is 11.1. The highest BCUT2D eigenvalue weighted by molar-refractivity contribution is 5.88. The zero-order valence-electron chi connectivity index (χ0n) is 10.8. The molecule has 2 aromatic rings. The zero-order chi connectivity index (χ0) is 14.1. The van der Waals surface area contributed by atoms with E-state index < -0.39 is 11.9 Å². The van der Waals surface area contributed by atoms with Gasteiger partial charge in [0.25, 0.3) is 0 Å². The number of rotatable bonds is 3. The molecule has 0 radical (unpaired) electrons. The maximum Gasteiger partial charge on any atom is 0.308 e. The van der Waals surface area contributed by atoms with Crippen molar-refractivity contribution in [2.75, 3.05) is 6.54 Å². The normalized spacial score (nSPS) is 18.7. The number of carbonyl (C=O) groups is 2. The van der Waals surface area contributed by atoms with Crippen LogP contribution in [0.3, 0.4) is 0 Å². The van der Waals surface area contributed by atoms with E-state index in [1.165, 1.54) is 0 Å². The van der Waals surface area contributed by atoms with Crippen molar-refractivity contribution in [1.29, 1.82) is 0 Å². The zero-order valence-corrected chi connectivity index (χ0v) is 10.8. The lowest BCUT2D eigenvalue weighted by Crippen LogP contribution is -2.25. The molecule has 3 rings (SSSR count). The van der Waals surface area contributed by atoms with Crippen molar-refractivity contribution in [1.82, 2.24) is 9.88 Å². The van der Waals surface area contributed by atoms with Crippen LogP contribution in [0.2, 0.25) is 0 Å². The smallest absolute Gasteiger partial charge is 0.308 e. The molecule has 1 amide bonds. The van der Waals surface area contributed by atoms with Crippen LogP contribution in [-0.4, -0.2) is 33.4 Å². The number of nitrogens with zero attached hydrogens (tertiary/aromatic N) is 2. The molecule has 1 aromatic carbocycles. The minimum atomic E-state index is -0.900. The molecule has 1 aromatic heterocycles. The summed E-state index contributed by atoms with van der Waals surface area (Å²) in [7, 11) is 0. The molecular formula is C15H14N2O3. The largest absolute Gasteiger partial charge is 0.481 e. The van der Waals surface area contributed by atoms with Crippen LogP contribution in [0.1, 0.15) is 12.0 Å². The van der Waals surface area contributed by atoms with Crippen molar-refractivity contribution in [3.05, 3.63) is 42.2 Å². The second kappa shape index (κ2) is 4.92. The average molecular weight is 270 g/mol. The summed E-state index contributed by atoms with van der Waals surface area (Å²) in [5.41, 5.74) is 1.02. The summed E-state index contributed by atoms with van der Waals surface area (Å²) in [6, 6.07) is 7.77. The van der Waals surface area contributed by atoms with Crippen molar-refractivity contribution < 1.29 is 14.7 Å². The molecular weight excluding hydrogens is 256 g/mol. The van der Waals surface area contributed by atoms with E-state index in [0.29, 0.717) is 6.54 Å². The summed E-state index contributed by atoms with van der Waals surface area (Å²) >= 11 is 0. The van der Waals surface area contributed by atoms with Crippen LogP contribution < -0.4 is 0 Å². The number of fused-ring (bicyclic) bond motifs is 1. The third-order valence-corrected chi connectivity index (χ3v) is 3.70. The van der Waals surface area contributed by atoms with Crippen LogP contribution in [0.25, 0.3) is 10.8 Å². The Morgan fingerprint density at radius 3 is 3.00 bits per heavy atom. The second-order valence-electron chi connectivity index (χ2n) is 5.03. The Bertz CT molecular complexity index is 678. The van der Waals surface area contributed by atoms with E-state index in [4.69, 9.17) is 5.11 Å². The van der Waals surface area contributed by atoms with Gasteiger partial charge in [-0.25, -0.2) is 0 Å². The minimum Gasteiger partial charge on any atom is -0.481 e. The van der Waals surface area contributed by atoms with Gasteiger partial charge in [-0.15, -0.1) is 0 Å². The molecule has 20 heavy (non-hydrogen) atoms. The molecule has 0 aliphatic carbocycles. The molecule has 1 fully saturated rings. The van der Waals surface area contributed by atoms with Gasteiger partial charge in [0.05, 0.1) is 5.92 Å². The Kier molecular flexibility index (Phi) is 3.10. The van der Waals surface area contributed by atoms with Crippen molar-refractivity contribution in [3.8, 4) is 0 Å². The number of carbonyl (C=O) groups excluding carboxylic acids is 1. The fourth-order valence-corrected chi connectivity index (χ4v) is 2.62. The van der Waals surface area contributed by atoms with E-state index >= 15 is 0 Å². The van der Waals surface area contributed by atoms with Crippen molar-refractivity contribution >= 4 is 22.6 Å². The Morgan fingerprint density at radius 1 is 1.40 bits per heavy atom. The van der Waals surface area contributed by atoms with Gasteiger partial charge in [-0.1, -0.05) is 18.2 Å².